The second-order valence-corrected chi connectivity index (χ2v) is 6.09. The number of aromatic nitrogens is 2. The fourth-order valence-corrected chi connectivity index (χ4v) is 3.24. The third-order valence-electron chi connectivity index (χ3n) is 4.27. The fraction of sp³-hybridized carbons (Fsp3) is 0.733. The molecule has 0 radical (unpaired) electrons. The van der Waals surface area contributed by atoms with Gasteiger partial charge >= 0.3 is 0 Å². The summed E-state index contributed by atoms with van der Waals surface area (Å²) in [5, 5.41) is 12.5. The molecule has 122 valence electrons. The van der Waals surface area contributed by atoms with Crippen LogP contribution in [0.3, 0.4) is 0 Å². The van der Waals surface area contributed by atoms with Crippen LogP contribution in [0.2, 0.25) is 0 Å². The predicted octanol–water partition coefficient (Wildman–Crippen LogP) is -0.0117. The van der Waals surface area contributed by atoms with Gasteiger partial charge in [0.05, 0.1) is 32.6 Å². The molecule has 0 bridgehead atoms. The molecule has 0 saturated carbocycles. The largest absolute Gasteiger partial charge is 0.395 e. The van der Waals surface area contributed by atoms with Crippen molar-refractivity contribution in [1.82, 2.24) is 14.9 Å². The van der Waals surface area contributed by atoms with Crippen molar-refractivity contribution >= 4 is 5.82 Å². The van der Waals surface area contributed by atoms with E-state index in [1.54, 1.807) is 18.6 Å². The number of hydrogen-bond donors (Lipinski definition) is 2. The van der Waals surface area contributed by atoms with Gasteiger partial charge in [-0.05, 0) is 6.42 Å². The van der Waals surface area contributed by atoms with Crippen LogP contribution in [-0.4, -0.2) is 78.2 Å². The molecule has 2 N–H and O–H groups in total. The number of nitrogens with zero attached hydrogens (tertiary/aromatic N) is 3. The smallest absolute Gasteiger partial charge is 0.144 e. The average molecular weight is 308 g/mol. The van der Waals surface area contributed by atoms with Gasteiger partial charge in [-0.2, -0.15) is 0 Å². The summed E-state index contributed by atoms with van der Waals surface area (Å²) < 4.78 is 11.8. The van der Waals surface area contributed by atoms with Gasteiger partial charge in [-0.15, -0.1) is 0 Å². The van der Waals surface area contributed by atoms with Gasteiger partial charge in [-0.3, -0.25) is 9.88 Å². The van der Waals surface area contributed by atoms with E-state index in [4.69, 9.17) is 14.6 Å². The number of hydrogen-bond acceptors (Lipinski definition) is 7. The molecule has 2 saturated heterocycles. The topological polar surface area (TPSA) is 79.7 Å². The van der Waals surface area contributed by atoms with Gasteiger partial charge in [0.2, 0.25) is 0 Å². The molecule has 0 aliphatic carbocycles. The van der Waals surface area contributed by atoms with E-state index in [1.165, 1.54) is 0 Å². The van der Waals surface area contributed by atoms with Crippen molar-refractivity contribution in [2.75, 3.05) is 57.9 Å². The Morgan fingerprint density at radius 1 is 1.45 bits per heavy atom. The van der Waals surface area contributed by atoms with Crippen molar-refractivity contribution in [3.63, 3.8) is 0 Å². The van der Waals surface area contributed by atoms with E-state index in [0.29, 0.717) is 25.7 Å². The molecule has 1 aromatic heterocycles. The van der Waals surface area contributed by atoms with Gasteiger partial charge in [0.1, 0.15) is 11.4 Å². The van der Waals surface area contributed by atoms with Crippen LogP contribution in [-0.2, 0) is 9.47 Å². The van der Waals surface area contributed by atoms with E-state index in [-0.39, 0.29) is 12.2 Å². The minimum absolute atomic E-state index is 0.174. The van der Waals surface area contributed by atoms with Gasteiger partial charge < -0.3 is 19.9 Å². The Bertz CT molecular complexity index is 461. The Balaban J connectivity index is 1.53. The summed E-state index contributed by atoms with van der Waals surface area (Å²) in [4.78, 5) is 10.5. The summed E-state index contributed by atoms with van der Waals surface area (Å²) in [6, 6.07) is 0. The standard InChI is InChI=1S/C15H24N4O3/c20-5-3-19-4-6-21-12-15(11-19)7-13(10-22-15)8-18-14-9-16-1-2-17-14/h1-2,9,13,20H,3-8,10-12H2,(H,17,18)/t13-,15+/m1/s1. The molecule has 2 aliphatic heterocycles. The highest BCUT2D eigenvalue weighted by Gasteiger charge is 2.43. The third kappa shape index (κ3) is 3.92. The Morgan fingerprint density at radius 3 is 3.23 bits per heavy atom. The molecule has 7 heteroatoms. The molecule has 0 unspecified atom stereocenters. The van der Waals surface area contributed by atoms with Crippen molar-refractivity contribution in [3.8, 4) is 0 Å². The maximum atomic E-state index is 9.16. The maximum Gasteiger partial charge on any atom is 0.144 e. The zero-order chi connectivity index (χ0) is 15.3. The van der Waals surface area contributed by atoms with Crippen molar-refractivity contribution < 1.29 is 14.6 Å². The molecule has 22 heavy (non-hydrogen) atoms. The lowest BCUT2D eigenvalue weighted by Crippen LogP contribution is -2.45. The second kappa shape index (κ2) is 7.32. The number of anilines is 1. The number of nitrogens with one attached hydrogen (secondary N) is 1. The molecule has 1 aromatic rings. The Kier molecular flexibility index (Phi) is 5.20. The lowest BCUT2D eigenvalue weighted by molar-refractivity contribution is -0.0563. The molecule has 0 amide bonds. The minimum atomic E-state index is -0.236. The number of β-amino-alcohol motifs (C(OH)–C–C–N with tert-alkyl or cyclic N) is 1. The molecule has 3 heterocycles. The molecule has 3 rings (SSSR count). The van der Waals surface area contributed by atoms with Gasteiger partial charge in [0, 0.05) is 44.5 Å². The first-order valence-electron chi connectivity index (χ1n) is 7.84. The first-order valence-corrected chi connectivity index (χ1v) is 7.84. The first-order chi connectivity index (χ1) is 10.8. The lowest BCUT2D eigenvalue weighted by Gasteiger charge is -2.30. The average Bonchev–Trinajstić information content (AvgIpc) is 2.82. The van der Waals surface area contributed by atoms with Crippen molar-refractivity contribution in [2.45, 2.75) is 12.0 Å². The number of ether oxygens (including phenoxy) is 2. The summed E-state index contributed by atoms with van der Waals surface area (Å²) in [7, 11) is 0. The number of aliphatic hydroxyl groups excluding tert-OH is 1. The zero-order valence-corrected chi connectivity index (χ0v) is 12.8. The Labute approximate surface area is 130 Å². The minimum Gasteiger partial charge on any atom is -0.395 e. The SMILES string of the molecule is OCCN1CCOC[C@]2(C[C@H](CNc3cnccn3)CO2)C1. The molecule has 0 aromatic carbocycles. The van der Waals surface area contributed by atoms with Crippen LogP contribution in [0.4, 0.5) is 5.82 Å². The second-order valence-electron chi connectivity index (χ2n) is 6.09. The Hall–Kier alpha value is -1.28. The van der Waals surface area contributed by atoms with Crippen molar-refractivity contribution in [2.24, 2.45) is 5.92 Å². The highest BCUT2D eigenvalue weighted by atomic mass is 16.5. The normalized spacial score (nSPS) is 29.6. The van der Waals surface area contributed by atoms with E-state index in [1.807, 2.05) is 0 Å². The third-order valence-corrected chi connectivity index (χ3v) is 4.27. The van der Waals surface area contributed by atoms with E-state index in [0.717, 1.165) is 38.5 Å². The molecule has 1 spiro atoms. The molecule has 2 fully saturated rings. The summed E-state index contributed by atoms with van der Waals surface area (Å²) in [6.45, 7) is 5.42. The van der Waals surface area contributed by atoms with Crippen LogP contribution < -0.4 is 5.32 Å². The van der Waals surface area contributed by atoms with Gasteiger partial charge in [0.15, 0.2) is 0 Å². The van der Waals surface area contributed by atoms with Crippen LogP contribution in [0.1, 0.15) is 6.42 Å². The predicted molar refractivity (Wildman–Crippen MR) is 81.7 cm³/mol. The highest BCUT2D eigenvalue weighted by Crippen LogP contribution is 2.32. The fourth-order valence-electron chi connectivity index (χ4n) is 3.24. The van der Waals surface area contributed by atoms with E-state index >= 15 is 0 Å². The van der Waals surface area contributed by atoms with E-state index in [9.17, 15) is 0 Å². The maximum absolute atomic E-state index is 9.16. The lowest BCUT2D eigenvalue weighted by atomic mass is 9.94. The molecular weight excluding hydrogens is 284 g/mol. The van der Waals surface area contributed by atoms with Gasteiger partial charge in [-0.1, -0.05) is 0 Å². The molecule has 7 nitrogen and oxygen atoms in total. The van der Waals surface area contributed by atoms with Crippen LogP contribution in [0.5, 0.6) is 0 Å². The van der Waals surface area contributed by atoms with E-state index < -0.39 is 0 Å². The summed E-state index contributed by atoms with van der Waals surface area (Å²) in [6.07, 6.45) is 6.03. The van der Waals surface area contributed by atoms with E-state index in [2.05, 4.69) is 20.2 Å². The monoisotopic (exact) mass is 308 g/mol. The Morgan fingerprint density at radius 2 is 2.41 bits per heavy atom. The van der Waals surface area contributed by atoms with Crippen LogP contribution in [0.15, 0.2) is 18.6 Å². The number of aliphatic hydroxyl groups is 1. The number of rotatable bonds is 5. The van der Waals surface area contributed by atoms with Crippen molar-refractivity contribution in [3.05, 3.63) is 18.6 Å². The van der Waals surface area contributed by atoms with Crippen molar-refractivity contribution in [1.29, 1.82) is 0 Å². The highest BCUT2D eigenvalue weighted by molar-refractivity contribution is 5.29. The quantitative estimate of drug-likeness (QED) is 0.792. The first kappa shape index (κ1) is 15.6. The zero-order valence-electron chi connectivity index (χ0n) is 12.8. The van der Waals surface area contributed by atoms with Gasteiger partial charge in [-0.25, -0.2) is 4.98 Å². The van der Waals surface area contributed by atoms with Gasteiger partial charge in [0.25, 0.3) is 0 Å². The van der Waals surface area contributed by atoms with Crippen LogP contribution in [0.25, 0.3) is 0 Å². The summed E-state index contributed by atoms with van der Waals surface area (Å²) in [5.41, 5.74) is -0.236. The summed E-state index contributed by atoms with van der Waals surface area (Å²) in [5.74, 6) is 1.22. The molecular formula is C15H24N4O3. The van der Waals surface area contributed by atoms with Crippen LogP contribution >= 0.6 is 0 Å². The van der Waals surface area contributed by atoms with Crippen LogP contribution in [0, 0.1) is 5.92 Å². The summed E-state index contributed by atoms with van der Waals surface area (Å²) >= 11 is 0. The molecule has 2 atom stereocenters. The molecule has 2 aliphatic rings.